The predicted molar refractivity (Wildman–Crippen MR) is 38.5 cm³/mol. The summed E-state index contributed by atoms with van der Waals surface area (Å²) in [7, 11) is 2.26. The van der Waals surface area contributed by atoms with Crippen molar-refractivity contribution in [2.24, 2.45) is 5.92 Å². The van der Waals surface area contributed by atoms with E-state index in [1.807, 2.05) is 0 Å². The third kappa shape index (κ3) is 4.81. The van der Waals surface area contributed by atoms with Gasteiger partial charge in [0.15, 0.2) is 0 Å². The van der Waals surface area contributed by atoms with Gasteiger partial charge < -0.3 is 1.43 Å². The van der Waals surface area contributed by atoms with Crippen LogP contribution in [0.5, 0.6) is 0 Å². The van der Waals surface area contributed by atoms with Gasteiger partial charge in [0.25, 0.3) is 0 Å². The SMILES string of the molecule is BC(C)(C)C(C)C.[H-].[Li+]. The topological polar surface area (TPSA) is 0 Å². The van der Waals surface area contributed by atoms with Crippen LogP contribution in [0.3, 0.4) is 0 Å². The van der Waals surface area contributed by atoms with Crippen molar-refractivity contribution >= 4 is 7.85 Å². The largest absolute Gasteiger partial charge is 1.00 e. The Bertz CT molecular complexity index is 58.6. The summed E-state index contributed by atoms with van der Waals surface area (Å²) in [5.41, 5.74) is 0. The van der Waals surface area contributed by atoms with Crippen LogP contribution < -0.4 is 18.9 Å². The zero-order valence-electron chi connectivity index (χ0n) is 8.08. The van der Waals surface area contributed by atoms with Gasteiger partial charge in [0.2, 0.25) is 0 Å². The van der Waals surface area contributed by atoms with Crippen molar-refractivity contribution in [3.8, 4) is 0 Å². The van der Waals surface area contributed by atoms with Crippen LogP contribution in [-0.2, 0) is 0 Å². The molecule has 0 aromatic carbocycles. The van der Waals surface area contributed by atoms with Gasteiger partial charge in [-0.3, -0.25) is 0 Å². The van der Waals surface area contributed by atoms with Gasteiger partial charge in [0.1, 0.15) is 7.85 Å². The molecular weight excluding hydrogens is 89.8 g/mol. The maximum atomic E-state index is 2.26. The van der Waals surface area contributed by atoms with Crippen LogP contribution in [0.1, 0.15) is 29.1 Å². The molecule has 0 aromatic heterocycles. The molecule has 0 saturated heterocycles. The molecule has 0 unspecified atom stereocenters. The van der Waals surface area contributed by atoms with Gasteiger partial charge in [-0.1, -0.05) is 33.0 Å². The van der Waals surface area contributed by atoms with Gasteiger partial charge >= 0.3 is 18.9 Å². The van der Waals surface area contributed by atoms with Gasteiger partial charge in [0, 0.05) is 0 Å². The van der Waals surface area contributed by atoms with Crippen molar-refractivity contribution < 1.29 is 20.3 Å². The first-order valence-corrected chi connectivity index (χ1v) is 2.94. The number of hydrogen-bond donors (Lipinski definition) is 0. The minimum Gasteiger partial charge on any atom is -1.00 e. The molecule has 0 heterocycles. The van der Waals surface area contributed by atoms with E-state index in [0.717, 1.165) is 5.92 Å². The van der Waals surface area contributed by atoms with Crippen LogP contribution in [0.25, 0.3) is 0 Å². The predicted octanol–water partition coefficient (Wildman–Crippen LogP) is -1.41. The summed E-state index contributed by atoms with van der Waals surface area (Å²) < 4.78 is 0. The molecule has 0 aliphatic heterocycles. The van der Waals surface area contributed by atoms with Crippen LogP contribution in [0, 0.1) is 5.92 Å². The number of hydrogen-bond acceptors (Lipinski definition) is 0. The monoisotopic (exact) mass is 106 g/mol. The van der Waals surface area contributed by atoms with Crippen molar-refractivity contribution in [1.29, 1.82) is 0 Å². The molecule has 0 saturated carbocycles. The Labute approximate surface area is 67.5 Å². The van der Waals surface area contributed by atoms with E-state index < -0.39 is 0 Å². The van der Waals surface area contributed by atoms with E-state index in [0.29, 0.717) is 5.31 Å². The average Bonchev–Trinajstić information content (AvgIpc) is 1.31. The summed E-state index contributed by atoms with van der Waals surface area (Å²) >= 11 is 0. The van der Waals surface area contributed by atoms with E-state index in [4.69, 9.17) is 0 Å². The quantitative estimate of drug-likeness (QED) is 0.360. The number of rotatable bonds is 1. The van der Waals surface area contributed by atoms with Crippen LogP contribution in [-0.4, -0.2) is 7.85 Å². The molecule has 2 heteroatoms. The summed E-state index contributed by atoms with van der Waals surface area (Å²) in [5.74, 6) is 0.799. The second-order valence-electron chi connectivity index (χ2n) is 3.52. The smallest absolute Gasteiger partial charge is 1.00 e. The molecule has 8 heavy (non-hydrogen) atoms. The Morgan fingerprint density at radius 1 is 1.38 bits per heavy atom. The normalized spacial score (nSPS) is 11.1. The molecule has 0 fully saturated rings. The van der Waals surface area contributed by atoms with Gasteiger partial charge in [-0.15, -0.1) is 0 Å². The van der Waals surface area contributed by atoms with Gasteiger partial charge in [-0.2, -0.15) is 0 Å². The summed E-state index contributed by atoms with van der Waals surface area (Å²) in [6.07, 6.45) is 0. The fraction of sp³-hybridized carbons (Fsp3) is 1.00. The molecule has 0 aliphatic carbocycles. The van der Waals surface area contributed by atoms with E-state index in [1.54, 1.807) is 0 Å². The Kier molecular flexibility index (Phi) is 5.22. The zero-order valence-corrected chi connectivity index (χ0v) is 7.08. The maximum absolute atomic E-state index is 2.26. The molecule has 0 radical (unpaired) electrons. The molecule has 0 bridgehead atoms. The summed E-state index contributed by atoms with van der Waals surface area (Å²) in [6, 6.07) is 0. The summed E-state index contributed by atoms with van der Waals surface area (Å²) in [5, 5.41) is 0.500. The van der Waals surface area contributed by atoms with Crippen molar-refractivity contribution in [3.63, 3.8) is 0 Å². The Morgan fingerprint density at radius 2 is 1.50 bits per heavy atom. The second kappa shape index (κ2) is 3.64. The Balaban J connectivity index is -0.000000180. The molecule has 0 atom stereocenters. The van der Waals surface area contributed by atoms with E-state index in [1.165, 1.54) is 0 Å². The molecule has 0 nitrogen and oxygen atoms in total. The van der Waals surface area contributed by atoms with Crippen LogP contribution in [0.2, 0.25) is 5.31 Å². The third-order valence-electron chi connectivity index (χ3n) is 1.73. The molecule has 0 rings (SSSR count). The van der Waals surface area contributed by atoms with E-state index in [9.17, 15) is 0 Å². The Hall–Kier alpha value is 0.662. The van der Waals surface area contributed by atoms with Gasteiger partial charge in [-0.25, -0.2) is 0 Å². The van der Waals surface area contributed by atoms with E-state index in [-0.39, 0.29) is 20.3 Å². The van der Waals surface area contributed by atoms with Crippen LogP contribution >= 0.6 is 0 Å². The van der Waals surface area contributed by atoms with Gasteiger partial charge in [-0.05, 0) is 5.92 Å². The first-order chi connectivity index (χ1) is 2.94. The van der Waals surface area contributed by atoms with Crippen LogP contribution in [0.15, 0.2) is 0 Å². The maximum Gasteiger partial charge on any atom is 1.00 e. The molecular formula is C6H16BLi. The second-order valence-corrected chi connectivity index (χ2v) is 3.52. The van der Waals surface area contributed by atoms with E-state index in [2.05, 4.69) is 35.5 Å². The van der Waals surface area contributed by atoms with Crippen molar-refractivity contribution in [2.45, 2.75) is 33.0 Å². The average molecular weight is 106 g/mol. The summed E-state index contributed by atoms with van der Waals surface area (Å²) in [6.45, 7) is 9.02. The molecule has 0 aliphatic rings. The van der Waals surface area contributed by atoms with Crippen molar-refractivity contribution in [3.05, 3.63) is 0 Å². The zero-order chi connectivity index (χ0) is 6.08. The van der Waals surface area contributed by atoms with Crippen molar-refractivity contribution in [2.75, 3.05) is 0 Å². The first-order valence-electron chi connectivity index (χ1n) is 2.94. The fourth-order valence-electron chi connectivity index (χ4n) is 0. The first kappa shape index (κ1) is 11.5. The standard InChI is InChI=1S/C6H15B.Li.H/c1-5(2)6(3,4)7;;/h5H,7H2,1-4H3;;/q;+1;-1. The third-order valence-corrected chi connectivity index (χ3v) is 1.73. The Morgan fingerprint density at radius 3 is 1.50 bits per heavy atom. The molecule has 0 N–H and O–H groups in total. The summed E-state index contributed by atoms with van der Waals surface area (Å²) in [4.78, 5) is 0. The molecule has 44 valence electrons. The fourth-order valence-corrected chi connectivity index (χ4v) is 0. The van der Waals surface area contributed by atoms with Crippen molar-refractivity contribution in [1.82, 2.24) is 0 Å². The van der Waals surface area contributed by atoms with Gasteiger partial charge in [0.05, 0.1) is 0 Å². The minimum absolute atomic E-state index is 0. The molecule has 0 spiro atoms. The van der Waals surface area contributed by atoms with Crippen LogP contribution in [0.4, 0.5) is 0 Å². The minimum atomic E-state index is 0. The molecule has 0 amide bonds. The molecule has 0 aromatic rings. The van der Waals surface area contributed by atoms with E-state index >= 15 is 0 Å².